The minimum atomic E-state index is -5.13. The number of aromatic nitrogens is 2. The molecular formula is C18H21F3N4O3. The van der Waals surface area contributed by atoms with E-state index < -0.39 is 31.1 Å². The number of benzene rings is 1. The Balaban J connectivity index is 2.37. The van der Waals surface area contributed by atoms with Crippen LogP contribution in [-0.4, -0.2) is 45.7 Å². The van der Waals surface area contributed by atoms with Crippen LogP contribution in [-0.2, 0) is 20.9 Å². The molecule has 0 saturated heterocycles. The Morgan fingerprint density at radius 2 is 1.96 bits per heavy atom. The van der Waals surface area contributed by atoms with Crippen LogP contribution in [0.2, 0.25) is 0 Å². The molecule has 152 valence electrons. The average Bonchev–Trinajstić information content (AvgIpc) is 2.93. The van der Waals surface area contributed by atoms with Gasteiger partial charge in [0.1, 0.15) is 12.4 Å². The number of nitrogen functional groups attached to an aromatic ring is 1. The minimum absolute atomic E-state index is 0.0102. The third kappa shape index (κ3) is 5.02. The lowest BCUT2D eigenvalue weighted by atomic mass is 10.1. The molecular weight excluding hydrogens is 377 g/mol. The SMILES string of the molecule is CCOC(=O)CN(Cc1cc(-n2cc(C)nc2C)ccc1N)C(=O)C(F)(F)F. The number of imidazole rings is 1. The van der Waals surface area contributed by atoms with Gasteiger partial charge in [-0.15, -0.1) is 0 Å². The Morgan fingerprint density at radius 3 is 2.50 bits per heavy atom. The number of rotatable bonds is 6. The van der Waals surface area contributed by atoms with Crippen LogP contribution in [0, 0.1) is 13.8 Å². The molecule has 1 aromatic carbocycles. The second-order valence-corrected chi connectivity index (χ2v) is 6.15. The number of carbonyl (C=O) groups is 2. The molecule has 1 amide bonds. The van der Waals surface area contributed by atoms with Gasteiger partial charge in [-0.25, -0.2) is 4.98 Å². The molecule has 0 aliphatic carbocycles. The maximum absolute atomic E-state index is 13.0. The number of carbonyl (C=O) groups excluding carboxylic acids is 2. The molecule has 0 radical (unpaired) electrons. The lowest BCUT2D eigenvalue weighted by molar-refractivity contribution is -0.187. The standard InChI is InChI=1S/C18H21F3N4O3/c1-4-28-16(26)10-24(17(27)18(19,20)21)9-13-7-14(5-6-15(13)22)25-8-11(2)23-12(25)3/h5-8H,4,9-10,22H2,1-3H3. The summed E-state index contributed by atoms with van der Waals surface area (Å²) in [7, 11) is 0. The maximum Gasteiger partial charge on any atom is 0.471 e. The van der Waals surface area contributed by atoms with Crippen molar-refractivity contribution < 1.29 is 27.5 Å². The Kier molecular flexibility index (Phi) is 6.32. The fourth-order valence-corrected chi connectivity index (χ4v) is 2.71. The van der Waals surface area contributed by atoms with Crippen molar-refractivity contribution in [2.24, 2.45) is 0 Å². The van der Waals surface area contributed by atoms with E-state index in [1.54, 1.807) is 29.8 Å². The zero-order valence-corrected chi connectivity index (χ0v) is 15.7. The number of esters is 1. The monoisotopic (exact) mass is 398 g/mol. The van der Waals surface area contributed by atoms with E-state index in [1.165, 1.54) is 13.0 Å². The first-order valence-corrected chi connectivity index (χ1v) is 8.46. The summed E-state index contributed by atoms with van der Waals surface area (Å²) in [6.45, 7) is 3.77. The molecule has 0 aliphatic heterocycles. The van der Waals surface area contributed by atoms with Crippen LogP contribution in [0.15, 0.2) is 24.4 Å². The van der Waals surface area contributed by atoms with E-state index >= 15 is 0 Å². The number of hydrogen-bond donors (Lipinski definition) is 1. The van der Waals surface area contributed by atoms with Gasteiger partial charge >= 0.3 is 18.1 Å². The lowest BCUT2D eigenvalue weighted by Crippen LogP contribution is -2.43. The molecule has 0 aliphatic rings. The molecule has 0 bridgehead atoms. The predicted molar refractivity (Wildman–Crippen MR) is 95.6 cm³/mol. The van der Waals surface area contributed by atoms with Gasteiger partial charge in [0.25, 0.3) is 0 Å². The number of ether oxygens (including phenoxy) is 1. The Bertz CT molecular complexity index is 877. The normalized spacial score (nSPS) is 11.4. The molecule has 1 aromatic heterocycles. The highest BCUT2D eigenvalue weighted by molar-refractivity contribution is 5.86. The van der Waals surface area contributed by atoms with E-state index in [4.69, 9.17) is 5.73 Å². The van der Waals surface area contributed by atoms with E-state index in [9.17, 15) is 22.8 Å². The fraction of sp³-hybridized carbons (Fsp3) is 0.389. The smallest absolute Gasteiger partial charge is 0.465 e. The highest BCUT2D eigenvalue weighted by Gasteiger charge is 2.43. The van der Waals surface area contributed by atoms with Gasteiger partial charge < -0.3 is 19.9 Å². The van der Waals surface area contributed by atoms with Crippen LogP contribution < -0.4 is 5.73 Å². The summed E-state index contributed by atoms with van der Waals surface area (Å²) in [4.78, 5) is 28.1. The Hall–Kier alpha value is -3.04. The average molecular weight is 398 g/mol. The van der Waals surface area contributed by atoms with Gasteiger partial charge in [0.05, 0.1) is 12.3 Å². The topological polar surface area (TPSA) is 90.4 Å². The van der Waals surface area contributed by atoms with Crippen molar-refractivity contribution in [3.05, 3.63) is 41.5 Å². The van der Waals surface area contributed by atoms with E-state index in [0.717, 1.165) is 5.69 Å². The van der Waals surface area contributed by atoms with Crippen molar-refractivity contribution in [3.8, 4) is 5.69 Å². The number of nitrogens with zero attached hydrogens (tertiary/aromatic N) is 3. The van der Waals surface area contributed by atoms with Crippen LogP contribution in [0.5, 0.6) is 0 Å². The summed E-state index contributed by atoms with van der Waals surface area (Å²) in [5.41, 5.74) is 7.76. The summed E-state index contributed by atoms with van der Waals surface area (Å²) < 4.78 is 45.3. The number of alkyl halides is 3. The summed E-state index contributed by atoms with van der Waals surface area (Å²) in [6, 6.07) is 4.78. The number of hydrogen-bond acceptors (Lipinski definition) is 5. The summed E-state index contributed by atoms with van der Waals surface area (Å²) in [5, 5.41) is 0. The van der Waals surface area contributed by atoms with Crippen LogP contribution in [0.25, 0.3) is 5.69 Å². The van der Waals surface area contributed by atoms with Gasteiger partial charge in [-0.1, -0.05) is 0 Å². The van der Waals surface area contributed by atoms with Gasteiger partial charge in [0, 0.05) is 24.1 Å². The molecule has 0 unspecified atom stereocenters. The van der Waals surface area contributed by atoms with Crippen molar-refractivity contribution in [1.29, 1.82) is 0 Å². The van der Waals surface area contributed by atoms with Crippen LogP contribution >= 0.6 is 0 Å². The summed E-state index contributed by atoms with van der Waals surface area (Å²) >= 11 is 0. The third-order valence-electron chi connectivity index (χ3n) is 3.92. The van der Waals surface area contributed by atoms with Gasteiger partial charge in [-0.2, -0.15) is 13.2 Å². The molecule has 1 heterocycles. The van der Waals surface area contributed by atoms with Gasteiger partial charge in [0.2, 0.25) is 0 Å². The van der Waals surface area contributed by atoms with Gasteiger partial charge in [-0.3, -0.25) is 9.59 Å². The molecule has 0 saturated carbocycles. The molecule has 28 heavy (non-hydrogen) atoms. The molecule has 0 spiro atoms. The summed E-state index contributed by atoms with van der Waals surface area (Å²) in [5.74, 6) is -2.39. The third-order valence-corrected chi connectivity index (χ3v) is 3.92. The second-order valence-electron chi connectivity index (χ2n) is 6.15. The van der Waals surface area contributed by atoms with Gasteiger partial charge in [-0.05, 0) is 44.5 Å². The predicted octanol–water partition coefficient (Wildman–Crippen LogP) is 2.53. The molecule has 10 heteroatoms. The molecule has 7 nitrogen and oxygen atoms in total. The molecule has 0 atom stereocenters. The van der Waals surface area contributed by atoms with Crippen LogP contribution in [0.4, 0.5) is 18.9 Å². The first-order valence-electron chi connectivity index (χ1n) is 8.46. The van der Waals surface area contributed by atoms with Crippen LogP contribution in [0.3, 0.4) is 0 Å². The number of nitrogens with two attached hydrogens (primary N) is 1. The van der Waals surface area contributed by atoms with Crippen LogP contribution in [0.1, 0.15) is 24.0 Å². The van der Waals surface area contributed by atoms with Crippen molar-refractivity contribution in [1.82, 2.24) is 14.5 Å². The van der Waals surface area contributed by atoms with Crippen molar-refractivity contribution in [2.45, 2.75) is 33.5 Å². The molecule has 2 rings (SSSR count). The van der Waals surface area contributed by atoms with Crippen molar-refractivity contribution >= 4 is 17.6 Å². The molecule has 0 fully saturated rings. The second kappa shape index (κ2) is 8.32. The Morgan fingerprint density at radius 1 is 1.29 bits per heavy atom. The first kappa shape index (κ1) is 21.3. The fourth-order valence-electron chi connectivity index (χ4n) is 2.71. The number of halogens is 3. The number of aryl methyl sites for hydroxylation is 2. The van der Waals surface area contributed by atoms with E-state index in [0.29, 0.717) is 16.4 Å². The molecule has 2 N–H and O–H groups in total. The highest BCUT2D eigenvalue weighted by atomic mass is 19.4. The zero-order valence-electron chi connectivity index (χ0n) is 15.7. The van der Waals surface area contributed by atoms with Gasteiger partial charge in [0.15, 0.2) is 0 Å². The lowest BCUT2D eigenvalue weighted by Gasteiger charge is -2.24. The Labute approximate surface area is 159 Å². The summed E-state index contributed by atoms with van der Waals surface area (Å²) in [6.07, 6.45) is -3.36. The van der Waals surface area contributed by atoms with E-state index in [1.807, 2.05) is 6.92 Å². The zero-order chi connectivity index (χ0) is 21.1. The minimum Gasteiger partial charge on any atom is -0.465 e. The van der Waals surface area contributed by atoms with E-state index in [-0.39, 0.29) is 17.9 Å². The highest BCUT2D eigenvalue weighted by Crippen LogP contribution is 2.24. The van der Waals surface area contributed by atoms with Crippen molar-refractivity contribution in [3.63, 3.8) is 0 Å². The molecule has 2 aromatic rings. The van der Waals surface area contributed by atoms with Crippen molar-refractivity contribution in [2.75, 3.05) is 18.9 Å². The largest absolute Gasteiger partial charge is 0.471 e. The number of anilines is 1. The quantitative estimate of drug-likeness (QED) is 0.597. The number of amides is 1. The first-order chi connectivity index (χ1) is 13.0. The van der Waals surface area contributed by atoms with E-state index in [2.05, 4.69) is 9.72 Å². The maximum atomic E-state index is 13.0.